The van der Waals surface area contributed by atoms with E-state index in [9.17, 15) is 14.4 Å². The minimum atomic E-state index is -0.151. The third-order valence-electron chi connectivity index (χ3n) is 11.3. The number of ether oxygens (including phenoxy) is 1. The molecule has 71 heavy (non-hydrogen) atoms. The van der Waals surface area contributed by atoms with E-state index in [0.29, 0.717) is 46.4 Å². The van der Waals surface area contributed by atoms with Gasteiger partial charge in [0.15, 0.2) is 11.4 Å². The van der Waals surface area contributed by atoms with Gasteiger partial charge in [0.2, 0.25) is 0 Å². The molecule has 0 radical (unpaired) electrons. The highest BCUT2D eigenvalue weighted by Gasteiger charge is 2.11. The number of aromatic nitrogens is 10. The number of hydrogen-bond donors (Lipinski definition) is 0. The van der Waals surface area contributed by atoms with Gasteiger partial charge in [-0.25, -0.2) is 15.0 Å². The van der Waals surface area contributed by atoms with Crippen molar-refractivity contribution in [3.63, 3.8) is 0 Å². The lowest BCUT2D eigenvalue weighted by molar-refractivity contribution is 0.308. The second-order valence-corrected chi connectivity index (χ2v) is 15.9. The second-order valence-electron chi connectivity index (χ2n) is 15.9. The molecule has 0 aliphatic heterocycles. The van der Waals surface area contributed by atoms with Crippen molar-refractivity contribution < 1.29 is 4.74 Å². The molecule has 0 aliphatic rings. The maximum absolute atomic E-state index is 12.5. The zero-order valence-electron chi connectivity index (χ0n) is 37.8. The first-order chi connectivity index (χ1) is 34.9. The fourth-order valence-electron chi connectivity index (χ4n) is 7.70. The summed E-state index contributed by atoms with van der Waals surface area (Å²) in [5, 5.41) is 0. The average molecular weight is 929 g/mol. The number of nitrogens with zero attached hydrogens (tertiary/aromatic N) is 10. The molecule has 14 nitrogen and oxygen atoms in total. The van der Waals surface area contributed by atoms with E-state index in [1.807, 2.05) is 140 Å². The highest BCUT2D eigenvalue weighted by molar-refractivity contribution is 5.70. The Morgan fingerprint density at radius 1 is 0.352 bits per heavy atom. The van der Waals surface area contributed by atoms with Gasteiger partial charge in [0.05, 0.1) is 17.1 Å². The molecule has 10 aromatic heterocycles. The molecule has 12 rings (SSSR count). The Morgan fingerprint density at radius 3 is 1.24 bits per heavy atom. The van der Waals surface area contributed by atoms with E-state index >= 15 is 0 Å². The first-order valence-electron chi connectivity index (χ1n) is 22.4. The average Bonchev–Trinajstić information content (AvgIpc) is 3.44. The zero-order valence-corrected chi connectivity index (χ0v) is 37.8. The van der Waals surface area contributed by atoms with E-state index in [-0.39, 0.29) is 16.7 Å². The Hall–Kier alpha value is -10.1. The standard InChI is InChI=1S/C20H15N3O2.C19H13N3O.C18H12N4O/c24-19-13-17(16-8-10-21-11-9-16)22-20-18(7-4-12-23(19)20)25-14-15-5-2-1-3-6-15;23-19-13-17(15-6-9-20-10-7-15)21-18-12-16(8-11-22(18)19)14-4-2-1-3-5-14;23-18-12-16(14-3-8-20-9-4-14)21-17-11-15(5-10-22(17)18)13-1-6-19-7-2-13/h1-13H,14H2;1-13H;1-12H. The van der Waals surface area contributed by atoms with Crippen LogP contribution < -0.4 is 21.4 Å². The molecule has 0 amide bonds. The van der Waals surface area contributed by atoms with Gasteiger partial charge in [0, 0.05) is 103 Å². The maximum Gasteiger partial charge on any atom is 0.258 e. The molecule has 0 aliphatic carbocycles. The topological polar surface area (TPSA) is 164 Å². The first kappa shape index (κ1) is 44.7. The largest absolute Gasteiger partial charge is 0.485 e. The van der Waals surface area contributed by atoms with Crippen molar-refractivity contribution in [3.05, 3.63) is 269 Å². The van der Waals surface area contributed by atoms with Gasteiger partial charge < -0.3 is 4.74 Å². The van der Waals surface area contributed by atoms with E-state index in [1.54, 1.807) is 84.7 Å². The Kier molecular flexibility index (Phi) is 13.1. The predicted octanol–water partition coefficient (Wildman–Crippen LogP) is 9.58. The van der Waals surface area contributed by atoms with Crippen LogP contribution in [0.25, 0.3) is 73.0 Å². The van der Waals surface area contributed by atoms with Gasteiger partial charge in [-0.05, 0) is 113 Å². The molecule has 0 bridgehead atoms. The van der Waals surface area contributed by atoms with Crippen molar-refractivity contribution in [2.75, 3.05) is 0 Å². The van der Waals surface area contributed by atoms with Gasteiger partial charge in [-0.2, -0.15) is 0 Å². The SMILES string of the molecule is O=c1cc(-c2ccncc2)nc2c(OCc3ccccc3)cccn12.O=c1cc(-c2ccncc2)nc2cc(-c3ccccc3)ccn12.O=c1cc(-c2ccncc2)nc2cc(-c3ccncc3)ccn12. The molecule has 342 valence electrons. The quantitative estimate of drug-likeness (QED) is 0.143. The second kappa shape index (κ2) is 20.8. The first-order valence-corrected chi connectivity index (χ1v) is 22.4. The van der Waals surface area contributed by atoms with Gasteiger partial charge in [-0.3, -0.25) is 47.5 Å². The van der Waals surface area contributed by atoms with Gasteiger partial charge in [-0.15, -0.1) is 0 Å². The van der Waals surface area contributed by atoms with Crippen LogP contribution in [0.15, 0.2) is 246 Å². The minimum Gasteiger partial charge on any atom is -0.485 e. The lowest BCUT2D eigenvalue weighted by atomic mass is 10.1. The molecule has 12 aromatic rings. The van der Waals surface area contributed by atoms with E-state index in [4.69, 9.17) is 4.74 Å². The molecule has 0 N–H and O–H groups in total. The number of pyridine rings is 7. The van der Waals surface area contributed by atoms with E-state index in [1.165, 1.54) is 20.9 Å². The van der Waals surface area contributed by atoms with Crippen molar-refractivity contribution in [2.24, 2.45) is 0 Å². The van der Waals surface area contributed by atoms with Gasteiger partial charge in [0.25, 0.3) is 16.7 Å². The fourth-order valence-corrected chi connectivity index (χ4v) is 7.70. The van der Waals surface area contributed by atoms with Crippen LogP contribution in [-0.4, -0.2) is 48.1 Å². The van der Waals surface area contributed by atoms with Crippen LogP contribution in [0, 0.1) is 0 Å². The van der Waals surface area contributed by atoms with Crippen molar-refractivity contribution in [1.82, 2.24) is 48.1 Å². The summed E-state index contributed by atoms with van der Waals surface area (Å²) in [6, 6.07) is 50.7. The summed E-state index contributed by atoms with van der Waals surface area (Å²) in [6.07, 6.45) is 18.8. The van der Waals surface area contributed by atoms with E-state index in [0.717, 1.165) is 44.5 Å². The van der Waals surface area contributed by atoms with Crippen LogP contribution in [0.1, 0.15) is 5.56 Å². The summed E-state index contributed by atoms with van der Waals surface area (Å²) in [7, 11) is 0. The molecule has 2 aromatic carbocycles. The number of benzene rings is 2. The van der Waals surface area contributed by atoms with Gasteiger partial charge >= 0.3 is 0 Å². The minimum absolute atomic E-state index is 0.0959. The summed E-state index contributed by atoms with van der Waals surface area (Å²) in [6.45, 7) is 0.413. The van der Waals surface area contributed by atoms with Gasteiger partial charge in [-0.1, -0.05) is 60.7 Å². The monoisotopic (exact) mass is 928 g/mol. The summed E-state index contributed by atoms with van der Waals surface area (Å²) in [4.78, 5) is 67.0. The maximum atomic E-state index is 12.5. The summed E-state index contributed by atoms with van der Waals surface area (Å²) < 4.78 is 10.5. The van der Waals surface area contributed by atoms with Gasteiger partial charge in [0.1, 0.15) is 17.9 Å². The Balaban J connectivity index is 0.000000123. The van der Waals surface area contributed by atoms with Crippen molar-refractivity contribution >= 4 is 16.9 Å². The van der Waals surface area contributed by atoms with Crippen molar-refractivity contribution in [3.8, 4) is 61.8 Å². The van der Waals surface area contributed by atoms with Crippen LogP contribution in [0.5, 0.6) is 5.75 Å². The zero-order chi connectivity index (χ0) is 48.4. The third-order valence-corrected chi connectivity index (χ3v) is 11.3. The summed E-state index contributed by atoms with van der Waals surface area (Å²) in [5.74, 6) is 0.569. The number of fused-ring (bicyclic) bond motifs is 3. The van der Waals surface area contributed by atoms with Crippen LogP contribution in [0.4, 0.5) is 0 Å². The lowest BCUT2D eigenvalue weighted by Crippen LogP contribution is -2.15. The smallest absolute Gasteiger partial charge is 0.258 e. The summed E-state index contributed by atoms with van der Waals surface area (Å²) >= 11 is 0. The third kappa shape index (κ3) is 10.4. The van der Waals surface area contributed by atoms with E-state index < -0.39 is 0 Å². The molecule has 0 spiro atoms. The molecule has 0 atom stereocenters. The normalized spacial score (nSPS) is 10.8. The molecular weight excluding hydrogens is 889 g/mol. The van der Waals surface area contributed by atoms with Crippen molar-refractivity contribution in [2.45, 2.75) is 6.61 Å². The molecule has 0 saturated carbocycles. The highest BCUT2D eigenvalue weighted by atomic mass is 16.5. The molecule has 14 heteroatoms. The predicted molar refractivity (Wildman–Crippen MR) is 274 cm³/mol. The Bertz CT molecular complexity index is 3760. The Morgan fingerprint density at radius 2 is 0.761 bits per heavy atom. The van der Waals surface area contributed by atoms with Crippen LogP contribution in [-0.2, 0) is 6.61 Å². The molecule has 10 heterocycles. The summed E-state index contributed by atoms with van der Waals surface area (Å²) in [5.41, 5.74) is 11.1. The van der Waals surface area contributed by atoms with Crippen molar-refractivity contribution in [1.29, 1.82) is 0 Å². The van der Waals surface area contributed by atoms with Crippen LogP contribution in [0.2, 0.25) is 0 Å². The van der Waals surface area contributed by atoms with E-state index in [2.05, 4.69) is 34.9 Å². The highest BCUT2D eigenvalue weighted by Crippen LogP contribution is 2.24. The van der Waals surface area contributed by atoms with Crippen LogP contribution in [0.3, 0.4) is 0 Å². The number of rotatable bonds is 8. The molecule has 0 unspecified atom stereocenters. The molecular formula is C57H40N10O4. The van der Waals surface area contributed by atoms with Crippen LogP contribution >= 0.6 is 0 Å². The lowest BCUT2D eigenvalue weighted by Gasteiger charge is -2.10. The Labute approximate surface area is 405 Å². The fraction of sp³-hybridized carbons (Fsp3) is 0.0175. The molecule has 0 fully saturated rings. The molecule has 0 saturated heterocycles. The number of hydrogen-bond acceptors (Lipinski definition) is 11.